The van der Waals surface area contributed by atoms with Crippen LogP contribution in [0.25, 0.3) is 0 Å². The number of carbonyl (C=O) groups is 2. The van der Waals surface area contributed by atoms with Crippen molar-refractivity contribution in [1.82, 2.24) is 10.2 Å². The second-order valence-corrected chi connectivity index (χ2v) is 5.23. The number of nitrogens with one attached hydrogen (secondary N) is 1. The lowest BCUT2D eigenvalue weighted by molar-refractivity contribution is -0.130. The molecule has 23 heavy (non-hydrogen) atoms. The molecule has 6 heteroatoms. The molecule has 1 aromatic rings. The second-order valence-electron chi connectivity index (χ2n) is 5.23. The van der Waals surface area contributed by atoms with Crippen LogP contribution in [0.5, 0.6) is 5.75 Å². The lowest BCUT2D eigenvalue weighted by Gasteiger charge is -2.21. The highest BCUT2D eigenvalue weighted by Gasteiger charge is 2.11. The number of amides is 2. The summed E-state index contributed by atoms with van der Waals surface area (Å²) < 4.78 is 10.0. The molecule has 0 bridgehead atoms. The van der Waals surface area contributed by atoms with Crippen LogP contribution in [0.15, 0.2) is 24.3 Å². The minimum Gasteiger partial charge on any atom is -0.497 e. The molecule has 0 aliphatic rings. The summed E-state index contributed by atoms with van der Waals surface area (Å²) in [5, 5.41) is 2.82. The Bertz CT molecular complexity index is 488. The largest absolute Gasteiger partial charge is 0.497 e. The molecule has 0 heterocycles. The van der Waals surface area contributed by atoms with Gasteiger partial charge in [-0.05, 0) is 24.1 Å². The monoisotopic (exact) mass is 322 g/mol. The van der Waals surface area contributed by atoms with Crippen LogP contribution in [0.2, 0.25) is 0 Å². The van der Waals surface area contributed by atoms with Gasteiger partial charge in [-0.1, -0.05) is 12.1 Å². The van der Waals surface area contributed by atoms with E-state index in [1.807, 2.05) is 24.3 Å². The maximum Gasteiger partial charge on any atom is 0.221 e. The average Bonchev–Trinajstić information content (AvgIpc) is 2.55. The van der Waals surface area contributed by atoms with Gasteiger partial charge in [-0.3, -0.25) is 9.59 Å². The molecule has 0 unspecified atom stereocenters. The van der Waals surface area contributed by atoms with E-state index in [2.05, 4.69) is 5.32 Å². The molecule has 1 aromatic carbocycles. The molecule has 0 radical (unpaired) electrons. The third kappa shape index (κ3) is 7.65. The number of hydrogen-bond acceptors (Lipinski definition) is 4. The van der Waals surface area contributed by atoms with Gasteiger partial charge in [0.1, 0.15) is 5.75 Å². The standard InChI is InChI=1S/C17H26N2O4/c1-14(20)19(11-9-17(21)18-10-4-12-22-2)13-15-5-7-16(23-3)8-6-15/h5-8H,4,9-13H2,1-3H3,(H,18,21). The van der Waals surface area contributed by atoms with Crippen LogP contribution in [0, 0.1) is 0 Å². The summed E-state index contributed by atoms with van der Waals surface area (Å²) in [6.45, 7) is 3.61. The smallest absolute Gasteiger partial charge is 0.221 e. The first kappa shape index (κ1) is 19.0. The number of methoxy groups -OCH3 is 2. The lowest BCUT2D eigenvalue weighted by Crippen LogP contribution is -2.34. The molecule has 0 aromatic heterocycles. The lowest BCUT2D eigenvalue weighted by atomic mass is 10.2. The van der Waals surface area contributed by atoms with Crippen molar-refractivity contribution in [2.24, 2.45) is 0 Å². The highest BCUT2D eigenvalue weighted by Crippen LogP contribution is 2.13. The molecule has 2 amide bonds. The number of ether oxygens (including phenoxy) is 2. The van der Waals surface area contributed by atoms with Gasteiger partial charge in [0, 0.05) is 46.7 Å². The normalized spacial score (nSPS) is 10.2. The molecule has 0 saturated carbocycles. The summed E-state index contributed by atoms with van der Waals surface area (Å²) >= 11 is 0. The van der Waals surface area contributed by atoms with Gasteiger partial charge < -0.3 is 19.7 Å². The first-order valence-electron chi connectivity index (χ1n) is 7.71. The van der Waals surface area contributed by atoms with E-state index in [0.717, 1.165) is 17.7 Å². The predicted molar refractivity (Wildman–Crippen MR) is 88.2 cm³/mol. The quantitative estimate of drug-likeness (QED) is 0.664. The van der Waals surface area contributed by atoms with E-state index in [1.54, 1.807) is 19.1 Å². The van der Waals surface area contributed by atoms with E-state index in [1.165, 1.54) is 6.92 Å². The fraction of sp³-hybridized carbons (Fsp3) is 0.529. The molecule has 0 saturated heterocycles. The van der Waals surface area contributed by atoms with Crippen LogP contribution in [0.4, 0.5) is 0 Å². The number of nitrogens with zero attached hydrogens (tertiary/aromatic N) is 1. The Labute approximate surface area is 137 Å². The Hall–Kier alpha value is -2.08. The minimum absolute atomic E-state index is 0.0481. The highest BCUT2D eigenvalue weighted by molar-refractivity contribution is 5.78. The van der Waals surface area contributed by atoms with Crippen LogP contribution in [-0.4, -0.2) is 50.6 Å². The van der Waals surface area contributed by atoms with Gasteiger partial charge in [-0.2, -0.15) is 0 Å². The number of rotatable bonds is 10. The molecule has 0 aliphatic heterocycles. The maximum atomic E-state index is 11.8. The summed E-state index contributed by atoms with van der Waals surface area (Å²) in [7, 11) is 3.24. The third-order valence-corrected chi connectivity index (χ3v) is 3.43. The van der Waals surface area contributed by atoms with Crippen molar-refractivity contribution in [2.45, 2.75) is 26.3 Å². The Morgan fingerprint density at radius 1 is 1.17 bits per heavy atom. The topological polar surface area (TPSA) is 67.9 Å². The first-order chi connectivity index (χ1) is 11.1. The van der Waals surface area contributed by atoms with E-state index >= 15 is 0 Å². The SMILES string of the molecule is COCCCNC(=O)CCN(Cc1ccc(OC)cc1)C(C)=O. The molecule has 1 rings (SSSR count). The Balaban J connectivity index is 2.42. The molecule has 0 fully saturated rings. The fourth-order valence-electron chi connectivity index (χ4n) is 2.07. The molecule has 0 aliphatic carbocycles. The van der Waals surface area contributed by atoms with E-state index in [4.69, 9.17) is 9.47 Å². The van der Waals surface area contributed by atoms with Gasteiger partial charge in [0.25, 0.3) is 0 Å². The van der Waals surface area contributed by atoms with Gasteiger partial charge in [0.05, 0.1) is 7.11 Å². The predicted octanol–water partition coefficient (Wildman–Crippen LogP) is 1.59. The van der Waals surface area contributed by atoms with Gasteiger partial charge >= 0.3 is 0 Å². The fourth-order valence-corrected chi connectivity index (χ4v) is 2.07. The Morgan fingerprint density at radius 2 is 1.87 bits per heavy atom. The van der Waals surface area contributed by atoms with Crippen molar-refractivity contribution in [1.29, 1.82) is 0 Å². The van der Waals surface area contributed by atoms with Crippen LogP contribution in [0.1, 0.15) is 25.3 Å². The van der Waals surface area contributed by atoms with Crippen molar-refractivity contribution < 1.29 is 19.1 Å². The van der Waals surface area contributed by atoms with E-state index in [0.29, 0.717) is 32.7 Å². The van der Waals surface area contributed by atoms with Crippen LogP contribution in [0.3, 0.4) is 0 Å². The van der Waals surface area contributed by atoms with Crippen LogP contribution in [-0.2, 0) is 20.9 Å². The van der Waals surface area contributed by atoms with Crippen molar-refractivity contribution in [3.05, 3.63) is 29.8 Å². The Morgan fingerprint density at radius 3 is 2.43 bits per heavy atom. The maximum absolute atomic E-state index is 11.8. The summed E-state index contributed by atoms with van der Waals surface area (Å²) in [5.74, 6) is 0.675. The zero-order valence-electron chi connectivity index (χ0n) is 14.1. The van der Waals surface area contributed by atoms with Gasteiger partial charge in [-0.15, -0.1) is 0 Å². The van der Waals surface area contributed by atoms with Gasteiger partial charge in [0.2, 0.25) is 11.8 Å². The number of hydrogen-bond donors (Lipinski definition) is 1. The summed E-state index contributed by atoms with van der Waals surface area (Å²) in [6, 6.07) is 7.55. The first-order valence-corrected chi connectivity index (χ1v) is 7.71. The van der Waals surface area contributed by atoms with E-state index in [9.17, 15) is 9.59 Å². The number of carbonyl (C=O) groups excluding carboxylic acids is 2. The van der Waals surface area contributed by atoms with Crippen molar-refractivity contribution in [2.75, 3.05) is 33.9 Å². The van der Waals surface area contributed by atoms with Gasteiger partial charge in [0.15, 0.2) is 0 Å². The van der Waals surface area contributed by atoms with Crippen LogP contribution < -0.4 is 10.1 Å². The molecule has 128 valence electrons. The van der Waals surface area contributed by atoms with E-state index in [-0.39, 0.29) is 11.8 Å². The zero-order valence-corrected chi connectivity index (χ0v) is 14.1. The Kier molecular flexibility index (Phi) is 8.75. The van der Waals surface area contributed by atoms with Crippen molar-refractivity contribution >= 4 is 11.8 Å². The van der Waals surface area contributed by atoms with Crippen molar-refractivity contribution in [3.63, 3.8) is 0 Å². The minimum atomic E-state index is -0.0536. The van der Waals surface area contributed by atoms with E-state index < -0.39 is 0 Å². The third-order valence-electron chi connectivity index (χ3n) is 3.43. The molecule has 1 N–H and O–H groups in total. The summed E-state index contributed by atoms with van der Waals surface area (Å²) in [6.07, 6.45) is 1.08. The van der Waals surface area contributed by atoms with Gasteiger partial charge in [-0.25, -0.2) is 0 Å². The number of benzene rings is 1. The summed E-state index contributed by atoms with van der Waals surface area (Å²) in [4.78, 5) is 25.2. The van der Waals surface area contributed by atoms with Crippen LogP contribution >= 0.6 is 0 Å². The summed E-state index contributed by atoms with van der Waals surface area (Å²) in [5.41, 5.74) is 1.00. The average molecular weight is 322 g/mol. The van der Waals surface area contributed by atoms with Crippen molar-refractivity contribution in [3.8, 4) is 5.75 Å². The molecule has 0 atom stereocenters. The highest BCUT2D eigenvalue weighted by atomic mass is 16.5. The zero-order chi connectivity index (χ0) is 17.1. The second kappa shape index (κ2) is 10.6. The molecular formula is C17H26N2O4. The molecule has 6 nitrogen and oxygen atoms in total. The molecule has 0 spiro atoms. The molecular weight excluding hydrogens is 296 g/mol.